The number of carbonyl (C=O) groups is 1. The monoisotopic (exact) mass is 359 g/mol. The fraction of sp³-hybridized carbons (Fsp3) is 0.190. The second kappa shape index (κ2) is 7.07. The average molecular weight is 359 g/mol. The Kier molecular flexibility index (Phi) is 4.46. The summed E-state index contributed by atoms with van der Waals surface area (Å²) in [5.41, 5.74) is 5.62. The first-order valence-corrected chi connectivity index (χ1v) is 8.92. The highest BCUT2D eigenvalue weighted by Gasteiger charge is 2.13. The standard InChI is InChI=1S/C21H21N5O/c1-14-4-3-5-18(8-14)26-13-24-19-10-16(6-7-20(19)26)21(27)25-15(2)9-17-11-22-12-23-17/h3-8,10-13,15H,9H2,1-2H3,(H,22,23)(H,25,27). The first-order chi connectivity index (χ1) is 13.1. The third kappa shape index (κ3) is 3.60. The van der Waals surface area contributed by atoms with Crippen LogP contribution in [0, 0.1) is 6.92 Å². The summed E-state index contributed by atoms with van der Waals surface area (Å²) in [7, 11) is 0. The number of nitrogens with one attached hydrogen (secondary N) is 2. The maximum Gasteiger partial charge on any atom is 0.251 e. The molecule has 2 aromatic carbocycles. The molecule has 0 bridgehead atoms. The van der Waals surface area contributed by atoms with Crippen LogP contribution < -0.4 is 5.32 Å². The molecule has 2 aromatic heterocycles. The van der Waals surface area contributed by atoms with Gasteiger partial charge in [-0.2, -0.15) is 0 Å². The number of aromatic nitrogens is 4. The molecule has 6 heteroatoms. The van der Waals surface area contributed by atoms with E-state index in [1.54, 1.807) is 18.9 Å². The molecule has 0 spiro atoms. The third-order valence-electron chi connectivity index (χ3n) is 4.55. The van der Waals surface area contributed by atoms with Crippen molar-refractivity contribution < 1.29 is 4.79 Å². The molecule has 0 saturated heterocycles. The number of fused-ring (bicyclic) bond motifs is 1. The molecule has 0 aliphatic heterocycles. The summed E-state index contributed by atoms with van der Waals surface area (Å²) in [5.74, 6) is -0.103. The summed E-state index contributed by atoms with van der Waals surface area (Å²) in [5, 5.41) is 3.02. The van der Waals surface area contributed by atoms with Gasteiger partial charge in [0.25, 0.3) is 5.91 Å². The largest absolute Gasteiger partial charge is 0.349 e. The SMILES string of the molecule is Cc1cccc(-n2cnc3cc(C(=O)NC(C)Cc4cnc[nH]4)ccc32)c1. The lowest BCUT2D eigenvalue weighted by atomic mass is 10.1. The summed E-state index contributed by atoms with van der Waals surface area (Å²) < 4.78 is 2.03. The third-order valence-corrected chi connectivity index (χ3v) is 4.55. The van der Waals surface area contributed by atoms with Crippen LogP contribution in [-0.4, -0.2) is 31.5 Å². The van der Waals surface area contributed by atoms with Crippen LogP contribution >= 0.6 is 0 Å². The van der Waals surface area contributed by atoms with Crippen molar-refractivity contribution in [3.63, 3.8) is 0 Å². The smallest absolute Gasteiger partial charge is 0.251 e. The molecular weight excluding hydrogens is 338 g/mol. The van der Waals surface area contributed by atoms with Gasteiger partial charge in [0.15, 0.2) is 0 Å². The second-order valence-corrected chi connectivity index (χ2v) is 6.81. The van der Waals surface area contributed by atoms with Crippen molar-refractivity contribution in [2.75, 3.05) is 0 Å². The van der Waals surface area contributed by atoms with E-state index in [4.69, 9.17) is 0 Å². The number of rotatable bonds is 5. The van der Waals surface area contributed by atoms with Crippen LogP contribution in [0.5, 0.6) is 0 Å². The van der Waals surface area contributed by atoms with Crippen LogP contribution in [0.2, 0.25) is 0 Å². The minimum atomic E-state index is -0.103. The molecule has 0 aliphatic rings. The van der Waals surface area contributed by atoms with Crippen LogP contribution in [0.3, 0.4) is 0 Å². The van der Waals surface area contributed by atoms with Gasteiger partial charge in [0, 0.05) is 35.6 Å². The normalized spacial score (nSPS) is 12.2. The van der Waals surface area contributed by atoms with Gasteiger partial charge in [0.1, 0.15) is 6.33 Å². The molecule has 2 heterocycles. The molecule has 136 valence electrons. The minimum Gasteiger partial charge on any atom is -0.349 e. The van der Waals surface area contributed by atoms with E-state index < -0.39 is 0 Å². The number of H-pyrrole nitrogens is 1. The van der Waals surface area contributed by atoms with E-state index >= 15 is 0 Å². The van der Waals surface area contributed by atoms with Gasteiger partial charge in [0.2, 0.25) is 0 Å². The topological polar surface area (TPSA) is 75.6 Å². The number of hydrogen-bond donors (Lipinski definition) is 2. The van der Waals surface area contributed by atoms with Crippen LogP contribution in [0.4, 0.5) is 0 Å². The van der Waals surface area contributed by atoms with E-state index in [-0.39, 0.29) is 11.9 Å². The molecule has 0 fully saturated rings. The number of hydrogen-bond acceptors (Lipinski definition) is 3. The van der Waals surface area contributed by atoms with E-state index in [1.807, 2.05) is 41.8 Å². The Hall–Kier alpha value is -3.41. The van der Waals surface area contributed by atoms with Crippen molar-refractivity contribution >= 4 is 16.9 Å². The number of amides is 1. The maximum atomic E-state index is 12.6. The van der Waals surface area contributed by atoms with Crippen molar-refractivity contribution in [3.05, 3.63) is 78.1 Å². The van der Waals surface area contributed by atoms with E-state index in [0.717, 1.165) is 22.4 Å². The second-order valence-electron chi connectivity index (χ2n) is 6.81. The Morgan fingerprint density at radius 1 is 1.26 bits per heavy atom. The van der Waals surface area contributed by atoms with Crippen LogP contribution in [0.1, 0.15) is 28.5 Å². The van der Waals surface area contributed by atoms with Crippen molar-refractivity contribution in [2.45, 2.75) is 26.3 Å². The van der Waals surface area contributed by atoms with Gasteiger partial charge >= 0.3 is 0 Å². The maximum absolute atomic E-state index is 12.6. The van der Waals surface area contributed by atoms with Crippen molar-refractivity contribution in [2.24, 2.45) is 0 Å². The number of aromatic amines is 1. The molecule has 0 saturated carbocycles. The number of benzene rings is 2. The zero-order valence-electron chi connectivity index (χ0n) is 15.3. The van der Waals surface area contributed by atoms with Gasteiger partial charge in [0.05, 0.1) is 17.4 Å². The lowest BCUT2D eigenvalue weighted by molar-refractivity contribution is 0.0940. The van der Waals surface area contributed by atoms with Crippen LogP contribution in [0.25, 0.3) is 16.7 Å². The van der Waals surface area contributed by atoms with Gasteiger partial charge in [-0.25, -0.2) is 9.97 Å². The zero-order chi connectivity index (χ0) is 18.8. The van der Waals surface area contributed by atoms with Crippen LogP contribution in [-0.2, 0) is 6.42 Å². The Balaban J connectivity index is 1.54. The highest BCUT2D eigenvalue weighted by atomic mass is 16.1. The van der Waals surface area contributed by atoms with Gasteiger partial charge in [-0.3, -0.25) is 9.36 Å². The number of imidazole rings is 2. The van der Waals surface area contributed by atoms with Crippen molar-refractivity contribution in [3.8, 4) is 5.69 Å². The molecule has 0 radical (unpaired) electrons. The highest BCUT2D eigenvalue weighted by molar-refractivity contribution is 5.97. The summed E-state index contributed by atoms with van der Waals surface area (Å²) in [4.78, 5) is 24.1. The Morgan fingerprint density at radius 2 is 2.15 bits per heavy atom. The quantitative estimate of drug-likeness (QED) is 0.573. The highest BCUT2D eigenvalue weighted by Crippen LogP contribution is 2.20. The Bertz CT molecular complexity index is 1080. The summed E-state index contributed by atoms with van der Waals surface area (Å²) in [6.07, 6.45) is 5.91. The van der Waals surface area contributed by atoms with E-state index in [1.165, 1.54) is 5.56 Å². The first-order valence-electron chi connectivity index (χ1n) is 8.92. The van der Waals surface area contributed by atoms with Gasteiger partial charge in [-0.15, -0.1) is 0 Å². The van der Waals surface area contributed by atoms with Gasteiger partial charge in [-0.05, 0) is 49.7 Å². The molecule has 1 atom stereocenters. The number of aryl methyl sites for hydroxylation is 1. The van der Waals surface area contributed by atoms with Crippen molar-refractivity contribution in [1.29, 1.82) is 0 Å². The minimum absolute atomic E-state index is 0.00139. The Labute approximate surface area is 157 Å². The fourth-order valence-electron chi connectivity index (χ4n) is 3.22. The summed E-state index contributed by atoms with van der Waals surface area (Å²) in [6, 6.07) is 13.9. The average Bonchev–Trinajstić information content (AvgIpc) is 3.30. The predicted molar refractivity (Wildman–Crippen MR) is 105 cm³/mol. The molecule has 27 heavy (non-hydrogen) atoms. The fourth-order valence-corrected chi connectivity index (χ4v) is 3.22. The molecular formula is C21H21N5O. The number of carbonyl (C=O) groups excluding carboxylic acids is 1. The lowest BCUT2D eigenvalue weighted by Gasteiger charge is -2.13. The Morgan fingerprint density at radius 3 is 2.93 bits per heavy atom. The molecule has 2 N–H and O–H groups in total. The lowest BCUT2D eigenvalue weighted by Crippen LogP contribution is -2.34. The summed E-state index contributed by atoms with van der Waals surface area (Å²) in [6.45, 7) is 4.04. The van der Waals surface area contributed by atoms with Crippen molar-refractivity contribution in [1.82, 2.24) is 24.8 Å². The molecule has 1 amide bonds. The molecule has 4 aromatic rings. The van der Waals surface area contributed by atoms with Crippen LogP contribution in [0.15, 0.2) is 61.3 Å². The predicted octanol–water partition coefficient (Wildman–Crippen LogP) is 3.42. The molecule has 4 rings (SSSR count). The zero-order valence-corrected chi connectivity index (χ0v) is 15.3. The van der Waals surface area contributed by atoms with E-state index in [0.29, 0.717) is 12.0 Å². The molecule has 1 unspecified atom stereocenters. The van der Waals surface area contributed by atoms with E-state index in [9.17, 15) is 4.79 Å². The molecule has 6 nitrogen and oxygen atoms in total. The first kappa shape index (κ1) is 17.0. The summed E-state index contributed by atoms with van der Waals surface area (Å²) >= 11 is 0. The number of nitrogens with zero attached hydrogens (tertiary/aromatic N) is 3. The van der Waals surface area contributed by atoms with Gasteiger partial charge < -0.3 is 10.3 Å². The van der Waals surface area contributed by atoms with Gasteiger partial charge in [-0.1, -0.05) is 12.1 Å². The van der Waals surface area contributed by atoms with E-state index in [2.05, 4.69) is 39.3 Å². The molecule has 0 aliphatic carbocycles.